The van der Waals surface area contributed by atoms with Crippen LogP contribution in [0.25, 0.3) is 0 Å². The first-order chi connectivity index (χ1) is 16.4. The molecule has 0 saturated carbocycles. The van der Waals surface area contributed by atoms with Gasteiger partial charge in [0.15, 0.2) is 0 Å². The van der Waals surface area contributed by atoms with Gasteiger partial charge >= 0.3 is 0 Å². The van der Waals surface area contributed by atoms with Gasteiger partial charge in [-0.1, -0.05) is 22.0 Å². The second-order valence-electron chi connectivity index (χ2n) is 8.33. The van der Waals surface area contributed by atoms with Crippen LogP contribution < -0.4 is 10.1 Å². The standard InChI is InChI=1S/C26H32BrN3O4/c1-4-29(5-2)26(33)23(28-24(31)19-9-11-22(34-3)12-10-19)18-13-15-30(16-14-18)25(32)20-7-6-8-21(27)17-20/h6-12,17-18,23H,4-5,13-16H2,1-3H3,(H,28,31). The lowest BCUT2D eigenvalue weighted by Gasteiger charge is -2.37. The fourth-order valence-electron chi connectivity index (χ4n) is 4.32. The molecule has 1 aliphatic heterocycles. The number of halogens is 1. The van der Waals surface area contributed by atoms with E-state index in [0.29, 0.717) is 55.9 Å². The molecule has 2 aromatic carbocycles. The van der Waals surface area contributed by atoms with Crippen LogP contribution >= 0.6 is 15.9 Å². The highest BCUT2D eigenvalue weighted by molar-refractivity contribution is 9.10. The van der Waals surface area contributed by atoms with Crippen LogP contribution in [0.5, 0.6) is 5.75 Å². The summed E-state index contributed by atoms with van der Waals surface area (Å²) in [4.78, 5) is 42.8. The minimum absolute atomic E-state index is 0.0198. The van der Waals surface area contributed by atoms with Gasteiger partial charge in [0.05, 0.1) is 7.11 Å². The molecule has 1 aliphatic rings. The summed E-state index contributed by atoms with van der Waals surface area (Å²) < 4.78 is 6.03. The van der Waals surface area contributed by atoms with Crippen LogP contribution in [0.4, 0.5) is 0 Å². The Labute approximate surface area is 209 Å². The van der Waals surface area contributed by atoms with Gasteiger partial charge in [-0.25, -0.2) is 0 Å². The zero-order chi connectivity index (χ0) is 24.7. The number of nitrogens with zero attached hydrogens (tertiary/aromatic N) is 2. The van der Waals surface area contributed by atoms with Crippen molar-refractivity contribution in [1.82, 2.24) is 15.1 Å². The van der Waals surface area contributed by atoms with E-state index in [1.165, 1.54) is 0 Å². The summed E-state index contributed by atoms with van der Waals surface area (Å²) in [5.74, 6) is 0.217. The maximum absolute atomic E-state index is 13.4. The molecular formula is C26H32BrN3O4. The molecule has 34 heavy (non-hydrogen) atoms. The third-order valence-electron chi connectivity index (χ3n) is 6.35. The summed E-state index contributed by atoms with van der Waals surface area (Å²) in [7, 11) is 1.57. The Hall–Kier alpha value is -2.87. The summed E-state index contributed by atoms with van der Waals surface area (Å²) in [5.41, 5.74) is 1.11. The SMILES string of the molecule is CCN(CC)C(=O)C(NC(=O)c1ccc(OC)cc1)C1CCN(C(=O)c2cccc(Br)c2)CC1. The summed E-state index contributed by atoms with van der Waals surface area (Å²) >= 11 is 3.42. The zero-order valence-electron chi connectivity index (χ0n) is 19.9. The van der Waals surface area contributed by atoms with Gasteiger partial charge < -0.3 is 19.9 Å². The van der Waals surface area contributed by atoms with E-state index in [-0.39, 0.29) is 23.6 Å². The van der Waals surface area contributed by atoms with Gasteiger partial charge in [0.25, 0.3) is 11.8 Å². The number of amides is 3. The van der Waals surface area contributed by atoms with Gasteiger partial charge in [-0.3, -0.25) is 14.4 Å². The molecule has 2 aromatic rings. The summed E-state index contributed by atoms with van der Waals surface area (Å²) in [6.07, 6.45) is 1.28. The molecular weight excluding hydrogens is 498 g/mol. The molecule has 1 N–H and O–H groups in total. The predicted molar refractivity (Wildman–Crippen MR) is 135 cm³/mol. The van der Waals surface area contributed by atoms with Crippen LogP contribution in [0.3, 0.4) is 0 Å². The largest absolute Gasteiger partial charge is 0.497 e. The molecule has 182 valence electrons. The monoisotopic (exact) mass is 529 g/mol. The van der Waals surface area contributed by atoms with Crippen molar-refractivity contribution in [3.05, 3.63) is 64.1 Å². The Morgan fingerprint density at radius 1 is 1.06 bits per heavy atom. The number of ether oxygens (including phenoxy) is 1. The number of methoxy groups -OCH3 is 1. The quantitative estimate of drug-likeness (QED) is 0.560. The van der Waals surface area contributed by atoms with E-state index in [0.717, 1.165) is 4.47 Å². The first kappa shape index (κ1) is 25.7. The van der Waals surface area contributed by atoms with Gasteiger partial charge in [-0.15, -0.1) is 0 Å². The first-order valence-electron chi connectivity index (χ1n) is 11.7. The minimum atomic E-state index is -0.641. The van der Waals surface area contributed by atoms with Crippen molar-refractivity contribution < 1.29 is 19.1 Å². The molecule has 1 atom stereocenters. The molecule has 0 radical (unpaired) electrons. The van der Waals surface area contributed by atoms with Gasteiger partial charge in [0.2, 0.25) is 5.91 Å². The third kappa shape index (κ3) is 6.17. The molecule has 3 amide bonds. The number of hydrogen-bond acceptors (Lipinski definition) is 4. The van der Waals surface area contributed by atoms with Gasteiger partial charge in [-0.05, 0) is 75.1 Å². The first-order valence-corrected chi connectivity index (χ1v) is 12.5. The minimum Gasteiger partial charge on any atom is -0.497 e. The lowest BCUT2D eigenvalue weighted by atomic mass is 9.87. The number of likely N-dealkylation sites (tertiary alicyclic amines) is 1. The molecule has 1 saturated heterocycles. The maximum atomic E-state index is 13.4. The predicted octanol–water partition coefficient (Wildman–Crippen LogP) is 3.98. The van der Waals surface area contributed by atoms with Gasteiger partial charge in [-0.2, -0.15) is 0 Å². The van der Waals surface area contributed by atoms with Crippen molar-refractivity contribution in [2.24, 2.45) is 5.92 Å². The van der Waals surface area contributed by atoms with E-state index in [9.17, 15) is 14.4 Å². The molecule has 0 bridgehead atoms. The molecule has 1 fully saturated rings. The Bertz CT molecular complexity index is 999. The van der Waals surface area contributed by atoms with Crippen molar-refractivity contribution in [1.29, 1.82) is 0 Å². The summed E-state index contributed by atoms with van der Waals surface area (Å²) in [5, 5.41) is 2.99. The lowest BCUT2D eigenvalue weighted by molar-refractivity contribution is -0.134. The van der Waals surface area contributed by atoms with Crippen molar-refractivity contribution in [3.63, 3.8) is 0 Å². The second-order valence-corrected chi connectivity index (χ2v) is 9.25. The average molecular weight is 530 g/mol. The van der Waals surface area contributed by atoms with E-state index in [4.69, 9.17) is 4.74 Å². The maximum Gasteiger partial charge on any atom is 0.253 e. The fraction of sp³-hybridized carbons (Fsp3) is 0.423. The normalized spacial score (nSPS) is 14.9. The van der Waals surface area contributed by atoms with E-state index in [2.05, 4.69) is 21.2 Å². The van der Waals surface area contributed by atoms with Crippen LogP contribution in [0.1, 0.15) is 47.4 Å². The van der Waals surface area contributed by atoms with E-state index < -0.39 is 6.04 Å². The topological polar surface area (TPSA) is 79.0 Å². The second kappa shape index (κ2) is 12.0. The Balaban J connectivity index is 1.72. The fourth-order valence-corrected chi connectivity index (χ4v) is 4.72. The lowest BCUT2D eigenvalue weighted by Crippen LogP contribution is -2.54. The highest BCUT2D eigenvalue weighted by atomic mass is 79.9. The molecule has 0 spiro atoms. The van der Waals surface area contributed by atoms with E-state index in [1.54, 1.807) is 42.3 Å². The summed E-state index contributed by atoms with van der Waals surface area (Å²) in [6, 6.07) is 13.5. The highest BCUT2D eigenvalue weighted by Gasteiger charge is 2.35. The van der Waals surface area contributed by atoms with Crippen molar-refractivity contribution in [3.8, 4) is 5.75 Å². The summed E-state index contributed by atoms with van der Waals surface area (Å²) in [6.45, 7) is 6.09. The van der Waals surface area contributed by atoms with E-state index >= 15 is 0 Å². The zero-order valence-corrected chi connectivity index (χ0v) is 21.5. The van der Waals surface area contributed by atoms with Crippen molar-refractivity contribution >= 4 is 33.7 Å². The molecule has 0 aliphatic carbocycles. The number of carbonyl (C=O) groups excluding carboxylic acids is 3. The Kier molecular flexibility index (Phi) is 9.10. The number of likely N-dealkylation sites (N-methyl/N-ethyl adjacent to an activating group) is 1. The van der Waals surface area contributed by atoms with Crippen LogP contribution in [0, 0.1) is 5.92 Å². The number of piperidine rings is 1. The van der Waals surface area contributed by atoms with Crippen LogP contribution in [-0.4, -0.2) is 66.9 Å². The molecule has 1 unspecified atom stereocenters. The number of hydrogen-bond donors (Lipinski definition) is 1. The molecule has 3 rings (SSSR count). The van der Waals surface area contributed by atoms with Crippen LogP contribution in [-0.2, 0) is 4.79 Å². The van der Waals surface area contributed by atoms with Gasteiger partial charge in [0, 0.05) is 41.8 Å². The van der Waals surface area contributed by atoms with Crippen molar-refractivity contribution in [2.75, 3.05) is 33.3 Å². The Morgan fingerprint density at radius 2 is 1.71 bits per heavy atom. The van der Waals surface area contributed by atoms with Crippen molar-refractivity contribution in [2.45, 2.75) is 32.7 Å². The smallest absolute Gasteiger partial charge is 0.253 e. The molecule has 1 heterocycles. The molecule has 7 nitrogen and oxygen atoms in total. The van der Waals surface area contributed by atoms with Crippen LogP contribution in [0.2, 0.25) is 0 Å². The Morgan fingerprint density at radius 3 is 2.26 bits per heavy atom. The average Bonchev–Trinajstić information content (AvgIpc) is 2.87. The number of carbonyl (C=O) groups is 3. The number of rotatable bonds is 8. The van der Waals surface area contributed by atoms with Crippen LogP contribution in [0.15, 0.2) is 53.0 Å². The number of benzene rings is 2. The number of nitrogens with one attached hydrogen (secondary N) is 1. The third-order valence-corrected chi connectivity index (χ3v) is 6.84. The van der Waals surface area contributed by atoms with Gasteiger partial charge in [0.1, 0.15) is 11.8 Å². The van der Waals surface area contributed by atoms with E-state index in [1.807, 2.05) is 36.9 Å². The molecule has 8 heteroatoms. The highest BCUT2D eigenvalue weighted by Crippen LogP contribution is 2.25. The molecule has 0 aromatic heterocycles.